The number of aliphatic imine (C=N–C) groups is 1. The second kappa shape index (κ2) is 10.1. The third kappa shape index (κ3) is 5.73. The molecule has 28 heavy (non-hydrogen) atoms. The molecule has 1 fully saturated rings. The van der Waals surface area contributed by atoms with Crippen LogP contribution in [0.5, 0.6) is 0 Å². The van der Waals surface area contributed by atoms with Crippen LogP contribution in [-0.2, 0) is 17.9 Å². The molecule has 5 nitrogen and oxygen atoms in total. The van der Waals surface area contributed by atoms with Gasteiger partial charge >= 0.3 is 0 Å². The number of hydrogen-bond acceptors (Lipinski definition) is 3. The molecular weight excluding hydrogens is 348 g/mol. The van der Waals surface area contributed by atoms with E-state index in [0.717, 1.165) is 38.6 Å². The lowest BCUT2D eigenvalue weighted by Crippen LogP contribution is -2.44. The van der Waals surface area contributed by atoms with Gasteiger partial charge in [-0.1, -0.05) is 42.0 Å². The SMILES string of the molecule is CCOCc1ccc(CNC(=NC)NC2CCN(c3ccc(C)cc3)C2)cc1. The zero-order valence-electron chi connectivity index (χ0n) is 17.2. The minimum Gasteiger partial charge on any atom is -0.377 e. The first-order valence-electron chi connectivity index (χ1n) is 10.1. The van der Waals surface area contributed by atoms with E-state index in [-0.39, 0.29) is 0 Å². The van der Waals surface area contributed by atoms with Gasteiger partial charge in [-0.3, -0.25) is 4.99 Å². The van der Waals surface area contributed by atoms with Crippen LogP contribution in [0.4, 0.5) is 5.69 Å². The van der Waals surface area contributed by atoms with Crippen molar-refractivity contribution in [3.05, 3.63) is 65.2 Å². The molecule has 3 rings (SSSR count). The van der Waals surface area contributed by atoms with E-state index in [4.69, 9.17) is 4.74 Å². The lowest BCUT2D eigenvalue weighted by atomic mass is 10.1. The topological polar surface area (TPSA) is 48.9 Å². The standard InChI is InChI=1S/C23H32N4O/c1-4-28-17-20-9-7-19(8-10-20)15-25-23(24-3)26-21-13-14-27(16-21)22-11-5-18(2)6-12-22/h5-12,21H,4,13-17H2,1-3H3,(H2,24,25,26). The summed E-state index contributed by atoms with van der Waals surface area (Å²) in [6.07, 6.45) is 1.11. The summed E-state index contributed by atoms with van der Waals surface area (Å²) in [5, 5.41) is 6.99. The molecule has 150 valence electrons. The maximum Gasteiger partial charge on any atom is 0.191 e. The number of benzene rings is 2. The number of nitrogens with zero attached hydrogens (tertiary/aromatic N) is 2. The van der Waals surface area contributed by atoms with Gasteiger partial charge < -0.3 is 20.3 Å². The van der Waals surface area contributed by atoms with Crippen LogP contribution in [0.3, 0.4) is 0 Å². The Bertz CT molecular complexity index is 755. The van der Waals surface area contributed by atoms with Gasteiger partial charge in [0.05, 0.1) is 6.61 Å². The van der Waals surface area contributed by atoms with Crippen molar-refractivity contribution in [2.75, 3.05) is 31.6 Å². The van der Waals surface area contributed by atoms with Crippen molar-refractivity contribution >= 4 is 11.6 Å². The highest BCUT2D eigenvalue weighted by atomic mass is 16.5. The zero-order chi connectivity index (χ0) is 19.8. The lowest BCUT2D eigenvalue weighted by molar-refractivity contribution is 0.134. The minimum absolute atomic E-state index is 0.404. The molecule has 0 aliphatic carbocycles. The third-order valence-electron chi connectivity index (χ3n) is 5.11. The molecule has 0 amide bonds. The molecule has 1 saturated heterocycles. The van der Waals surface area contributed by atoms with E-state index in [9.17, 15) is 0 Å². The zero-order valence-corrected chi connectivity index (χ0v) is 17.2. The van der Waals surface area contributed by atoms with Crippen LogP contribution in [0.15, 0.2) is 53.5 Å². The van der Waals surface area contributed by atoms with Crippen LogP contribution in [0.25, 0.3) is 0 Å². The van der Waals surface area contributed by atoms with Gasteiger partial charge in [0, 0.05) is 45.0 Å². The lowest BCUT2D eigenvalue weighted by Gasteiger charge is -2.20. The largest absolute Gasteiger partial charge is 0.377 e. The number of anilines is 1. The molecular formula is C23H32N4O. The summed E-state index contributed by atoms with van der Waals surface area (Å²) in [6.45, 7) is 8.37. The number of aryl methyl sites for hydroxylation is 1. The summed E-state index contributed by atoms with van der Waals surface area (Å²) >= 11 is 0. The third-order valence-corrected chi connectivity index (χ3v) is 5.11. The Morgan fingerprint density at radius 2 is 1.82 bits per heavy atom. The summed E-state index contributed by atoms with van der Waals surface area (Å²) in [4.78, 5) is 6.82. The smallest absolute Gasteiger partial charge is 0.191 e. The quantitative estimate of drug-likeness (QED) is 0.570. The summed E-state index contributed by atoms with van der Waals surface area (Å²) < 4.78 is 5.45. The summed E-state index contributed by atoms with van der Waals surface area (Å²) in [7, 11) is 1.83. The molecule has 2 N–H and O–H groups in total. The average molecular weight is 381 g/mol. The van der Waals surface area contributed by atoms with E-state index in [1.165, 1.54) is 22.4 Å². The molecule has 0 spiro atoms. The predicted octanol–water partition coefficient (Wildman–Crippen LogP) is 3.48. The summed E-state index contributed by atoms with van der Waals surface area (Å²) in [6, 6.07) is 17.7. The highest BCUT2D eigenvalue weighted by molar-refractivity contribution is 5.80. The molecule has 2 aromatic rings. The van der Waals surface area contributed by atoms with Gasteiger partial charge in [0.1, 0.15) is 0 Å². The van der Waals surface area contributed by atoms with Crippen LogP contribution in [0, 0.1) is 6.92 Å². The molecule has 1 heterocycles. The van der Waals surface area contributed by atoms with E-state index in [2.05, 4.69) is 76.0 Å². The van der Waals surface area contributed by atoms with E-state index < -0.39 is 0 Å². The molecule has 5 heteroatoms. The van der Waals surface area contributed by atoms with E-state index in [1.54, 1.807) is 0 Å². The van der Waals surface area contributed by atoms with Gasteiger partial charge in [-0.05, 0) is 43.5 Å². The Morgan fingerprint density at radius 1 is 1.11 bits per heavy atom. The van der Waals surface area contributed by atoms with Crippen LogP contribution in [-0.4, -0.2) is 38.7 Å². The molecule has 2 aromatic carbocycles. The fraction of sp³-hybridized carbons (Fsp3) is 0.435. The van der Waals surface area contributed by atoms with E-state index >= 15 is 0 Å². The molecule has 1 unspecified atom stereocenters. The first-order valence-corrected chi connectivity index (χ1v) is 10.1. The number of rotatable bonds is 7. The highest BCUT2D eigenvalue weighted by Gasteiger charge is 2.23. The van der Waals surface area contributed by atoms with Gasteiger partial charge in [0.25, 0.3) is 0 Å². The van der Waals surface area contributed by atoms with Crippen LogP contribution in [0.1, 0.15) is 30.0 Å². The van der Waals surface area contributed by atoms with Gasteiger partial charge in [-0.15, -0.1) is 0 Å². The predicted molar refractivity (Wildman–Crippen MR) is 117 cm³/mol. The number of hydrogen-bond donors (Lipinski definition) is 2. The number of ether oxygens (including phenoxy) is 1. The Kier molecular flexibility index (Phi) is 7.31. The Balaban J connectivity index is 1.46. The first kappa shape index (κ1) is 20.2. The molecule has 0 bridgehead atoms. The second-order valence-electron chi connectivity index (χ2n) is 7.29. The molecule has 0 saturated carbocycles. The summed E-state index contributed by atoms with van der Waals surface area (Å²) in [5.74, 6) is 0.856. The van der Waals surface area contributed by atoms with Crippen LogP contribution in [0.2, 0.25) is 0 Å². The first-order chi connectivity index (χ1) is 13.7. The van der Waals surface area contributed by atoms with E-state index in [0.29, 0.717) is 12.6 Å². The highest BCUT2D eigenvalue weighted by Crippen LogP contribution is 2.20. The maximum absolute atomic E-state index is 5.45. The van der Waals surface area contributed by atoms with Gasteiger partial charge in [0.2, 0.25) is 0 Å². The van der Waals surface area contributed by atoms with Gasteiger partial charge in [0.15, 0.2) is 5.96 Å². The average Bonchev–Trinajstić information content (AvgIpc) is 3.19. The van der Waals surface area contributed by atoms with Gasteiger partial charge in [-0.25, -0.2) is 0 Å². The fourth-order valence-corrected chi connectivity index (χ4v) is 3.42. The van der Waals surface area contributed by atoms with Crippen molar-refractivity contribution in [1.29, 1.82) is 0 Å². The molecule has 0 aromatic heterocycles. The van der Waals surface area contributed by atoms with Crippen molar-refractivity contribution in [3.8, 4) is 0 Å². The van der Waals surface area contributed by atoms with Crippen molar-refractivity contribution in [2.24, 2.45) is 4.99 Å². The minimum atomic E-state index is 0.404. The van der Waals surface area contributed by atoms with Crippen molar-refractivity contribution < 1.29 is 4.74 Å². The molecule has 1 aliphatic heterocycles. The number of nitrogens with one attached hydrogen (secondary N) is 2. The van der Waals surface area contributed by atoms with Crippen LogP contribution >= 0.6 is 0 Å². The van der Waals surface area contributed by atoms with E-state index in [1.807, 2.05) is 14.0 Å². The van der Waals surface area contributed by atoms with Crippen molar-refractivity contribution in [2.45, 2.75) is 39.5 Å². The van der Waals surface area contributed by atoms with Gasteiger partial charge in [-0.2, -0.15) is 0 Å². The monoisotopic (exact) mass is 380 g/mol. The van der Waals surface area contributed by atoms with Crippen molar-refractivity contribution in [1.82, 2.24) is 10.6 Å². The Hall–Kier alpha value is -2.53. The molecule has 1 aliphatic rings. The second-order valence-corrected chi connectivity index (χ2v) is 7.29. The normalized spacial score (nSPS) is 17.0. The maximum atomic E-state index is 5.45. The number of guanidine groups is 1. The van der Waals surface area contributed by atoms with Crippen LogP contribution < -0.4 is 15.5 Å². The molecule has 0 radical (unpaired) electrons. The van der Waals surface area contributed by atoms with Crippen molar-refractivity contribution in [3.63, 3.8) is 0 Å². The molecule has 1 atom stereocenters. The Morgan fingerprint density at radius 3 is 2.50 bits per heavy atom. The Labute approximate surface area is 168 Å². The summed E-state index contributed by atoms with van der Waals surface area (Å²) in [5.41, 5.74) is 5.03. The fourth-order valence-electron chi connectivity index (χ4n) is 3.42.